The molecule has 122 valence electrons. The lowest BCUT2D eigenvalue weighted by molar-refractivity contribution is 0.0586. The molecule has 1 aromatic carbocycles. The number of thioether (sulfide) groups is 1. The minimum absolute atomic E-state index is 0.0376. The van der Waals surface area contributed by atoms with Crippen LogP contribution in [0.3, 0.4) is 0 Å². The van der Waals surface area contributed by atoms with Crippen molar-refractivity contribution in [2.45, 2.75) is 30.6 Å². The van der Waals surface area contributed by atoms with E-state index in [4.69, 9.17) is 0 Å². The molecule has 0 aliphatic carbocycles. The highest BCUT2D eigenvalue weighted by atomic mass is 32.2. The molecule has 0 bridgehead atoms. The van der Waals surface area contributed by atoms with E-state index >= 15 is 0 Å². The molecule has 0 atom stereocenters. The maximum atomic E-state index is 11.3. The summed E-state index contributed by atoms with van der Waals surface area (Å²) in [7, 11) is 1.30. The number of hydrogen-bond donors (Lipinski definition) is 0. The number of rotatable bonds is 1. The summed E-state index contributed by atoms with van der Waals surface area (Å²) in [5.74, 6) is 6.85. The molecule has 0 saturated heterocycles. The molecule has 0 saturated carbocycles. The van der Waals surface area contributed by atoms with Gasteiger partial charge in [-0.1, -0.05) is 25.7 Å². The van der Waals surface area contributed by atoms with E-state index in [0.717, 1.165) is 11.3 Å². The molecular weight excluding hydrogens is 320 g/mol. The maximum absolute atomic E-state index is 11.3. The molecule has 0 fully saturated rings. The third-order valence-electron chi connectivity index (χ3n) is 4.06. The largest absolute Gasteiger partial charge is 0.463 e. The van der Waals surface area contributed by atoms with Gasteiger partial charge in [-0.05, 0) is 41.4 Å². The third kappa shape index (κ3) is 3.44. The molecular formula is C19H18N2O2S. The van der Waals surface area contributed by atoms with Gasteiger partial charge < -0.3 is 4.74 Å². The van der Waals surface area contributed by atoms with Gasteiger partial charge in [-0.3, -0.25) is 0 Å². The first-order valence-electron chi connectivity index (χ1n) is 7.69. The van der Waals surface area contributed by atoms with Crippen LogP contribution in [-0.4, -0.2) is 28.8 Å². The molecule has 1 aliphatic rings. The minimum Gasteiger partial charge on any atom is -0.463 e. The van der Waals surface area contributed by atoms with Crippen molar-refractivity contribution in [3.8, 4) is 11.8 Å². The summed E-state index contributed by atoms with van der Waals surface area (Å²) < 4.78 is 4.58. The van der Waals surface area contributed by atoms with Crippen molar-refractivity contribution in [3.63, 3.8) is 0 Å². The zero-order valence-electron chi connectivity index (χ0n) is 13.9. The van der Waals surface area contributed by atoms with E-state index in [-0.39, 0.29) is 11.2 Å². The van der Waals surface area contributed by atoms with E-state index in [9.17, 15) is 4.79 Å². The van der Waals surface area contributed by atoms with Crippen LogP contribution in [0.15, 0.2) is 35.5 Å². The second kappa shape index (κ2) is 6.66. The molecule has 2 heterocycles. The molecule has 0 amide bonds. The van der Waals surface area contributed by atoms with E-state index in [2.05, 4.69) is 52.5 Å². The third-order valence-corrected chi connectivity index (χ3v) is 5.14. The molecule has 24 heavy (non-hydrogen) atoms. The average molecular weight is 338 g/mol. The van der Waals surface area contributed by atoms with Crippen LogP contribution in [0.1, 0.15) is 47.6 Å². The van der Waals surface area contributed by atoms with Gasteiger partial charge >= 0.3 is 5.97 Å². The van der Waals surface area contributed by atoms with Crippen LogP contribution in [-0.2, 0) is 10.2 Å². The predicted octanol–water partition coefficient (Wildman–Crippen LogP) is 3.44. The number of carbonyl (C=O) groups is 1. The van der Waals surface area contributed by atoms with Crippen LogP contribution in [0.2, 0.25) is 0 Å². The summed E-state index contributed by atoms with van der Waals surface area (Å²) in [4.78, 5) is 20.6. The Morgan fingerprint density at radius 3 is 2.62 bits per heavy atom. The first-order valence-corrected chi connectivity index (χ1v) is 8.68. The van der Waals surface area contributed by atoms with E-state index in [1.54, 1.807) is 0 Å². The summed E-state index contributed by atoms with van der Waals surface area (Å²) in [6.45, 7) is 4.56. The summed E-state index contributed by atoms with van der Waals surface area (Å²) in [5.41, 5.74) is 3.18. The van der Waals surface area contributed by atoms with Crippen molar-refractivity contribution in [1.29, 1.82) is 0 Å². The van der Waals surface area contributed by atoms with Gasteiger partial charge in [0, 0.05) is 22.9 Å². The molecule has 0 unspecified atom stereocenters. The second-order valence-corrected chi connectivity index (χ2v) is 7.37. The number of fused-ring (bicyclic) bond motifs is 1. The quantitative estimate of drug-likeness (QED) is 0.589. The van der Waals surface area contributed by atoms with Crippen LogP contribution in [0.25, 0.3) is 0 Å². The van der Waals surface area contributed by atoms with Crippen molar-refractivity contribution < 1.29 is 9.53 Å². The number of hydrogen-bond acceptors (Lipinski definition) is 5. The van der Waals surface area contributed by atoms with Crippen LogP contribution in [0.4, 0.5) is 0 Å². The number of nitrogens with zero attached hydrogens (tertiary/aromatic N) is 2. The molecule has 5 heteroatoms. The molecule has 1 aromatic heterocycles. The smallest absolute Gasteiger partial charge is 0.376 e. The fourth-order valence-electron chi connectivity index (χ4n) is 2.55. The van der Waals surface area contributed by atoms with Gasteiger partial charge in [-0.15, -0.1) is 11.8 Å². The van der Waals surface area contributed by atoms with Crippen LogP contribution >= 0.6 is 11.8 Å². The Labute approximate surface area is 146 Å². The lowest BCUT2D eigenvalue weighted by Gasteiger charge is -2.32. The number of ether oxygens (including phenoxy) is 1. The second-order valence-electron chi connectivity index (χ2n) is 6.23. The van der Waals surface area contributed by atoms with E-state index in [0.29, 0.717) is 5.56 Å². The van der Waals surface area contributed by atoms with Crippen LogP contribution < -0.4 is 0 Å². The van der Waals surface area contributed by atoms with Crippen molar-refractivity contribution in [2.24, 2.45) is 0 Å². The van der Waals surface area contributed by atoms with E-state index < -0.39 is 5.97 Å². The average Bonchev–Trinajstić information content (AvgIpc) is 2.60. The van der Waals surface area contributed by atoms with Gasteiger partial charge in [0.2, 0.25) is 5.82 Å². The Morgan fingerprint density at radius 1 is 1.21 bits per heavy atom. The zero-order valence-corrected chi connectivity index (χ0v) is 14.7. The lowest BCUT2D eigenvalue weighted by atomic mass is 9.81. The van der Waals surface area contributed by atoms with Crippen LogP contribution in [0, 0.1) is 11.8 Å². The Kier molecular flexibility index (Phi) is 4.59. The molecule has 3 rings (SSSR count). The zero-order chi connectivity index (χ0) is 17.2. The molecule has 2 aromatic rings. The Balaban J connectivity index is 1.85. The predicted molar refractivity (Wildman–Crippen MR) is 94.2 cm³/mol. The first-order chi connectivity index (χ1) is 11.5. The van der Waals surface area contributed by atoms with Crippen molar-refractivity contribution in [1.82, 2.24) is 9.97 Å². The summed E-state index contributed by atoms with van der Waals surface area (Å²) in [6.07, 6.45) is 4.24. The SMILES string of the molecule is COC(=O)c1ncc(C#Cc2ccc3c(c2)C(C)(C)CCS3)cn1. The van der Waals surface area contributed by atoms with Gasteiger partial charge in [-0.2, -0.15) is 0 Å². The van der Waals surface area contributed by atoms with E-state index in [1.807, 2.05) is 17.8 Å². The number of esters is 1. The maximum Gasteiger partial charge on any atom is 0.376 e. The summed E-state index contributed by atoms with van der Waals surface area (Å²) in [6, 6.07) is 6.38. The first kappa shape index (κ1) is 16.5. The fraction of sp³-hybridized carbons (Fsp3) is 0.316. The highest BCUT2D eigenvalue weighted by molar-refractivity contribution is 7.99. The fourth-order valence-corrected chi connectivity index (χ4v) is 4.03. The highest BCUT2D eigenvalue weighted by Gasteiger charge is 2.27. The molecule has 4 nitrogen and oxygen atoms in total. The van der Waals surface area contributed by atoms with E-state index in [1.165, 1.54) is 36.4 Å². The van der Waals surface area contributed by atoms with Crippen LogP contribution in [0.5, 0.6) is 0 Å². The van der Waals surface area contributed by atoms with Gasteiger partial charge in [0.25, 0.3) is 0 Å². The van der Waals surface area contributed by atoms with Crippen molar-refractivity contribution >= 4 is 17.7 Å². The normalized spacial score (nSPS) is 15.0. The highest BCUT2D eigenvalue weighted by Crippen LogP contribution is 2.41. The molecule has 0 spiro atoms. The Bertz CT molecular complexity index is 833. The number of carbonyl (C=O) groups excluding carboxylic acids is 1. The number of methoxy groups -OCH3 is 1. The number of aromatic nitrogens is 2. The monoisotopic (exact) mass is 338 g/mol. The molecule has 1 aliphatic heterocycles. The lowest BCUT2D eigenvalue weighted by Crippen LogP contribution is -2.22. The molecule has 0 radical (unpaired) electrons. The van der Waals surface area contributed by atoms with Gasteiger partial charge in [0.1, 0.15) is 0 Å². The Hall–Kier alpha value is -2.32. The van der Waals surface area contributed by atoms with Gasteiger partial charge in [-0.25, -0.2) is 14.8 Å². The number of benzene rings is 1. The van der Waals surface area contributed by atoms with Crippen molar-refractivity contribution in [3.05, 3.63) is 53.1 Å². The molecule has 0 N–H and O–H groups in total. The van der Waals surface area contributed by atoms with Gasteiger partial charge in [0.05, 0.1) is 12.7 Å². The Morgan fingerprint density at radius 2 is 1.92 bits per heavy atom. The summed E-state index contributed by atoms with van der Waals surface area (Å²) in [5, 5.41) is 0. The standard InChI is InChI=1S/C19H18N2O2S/c1-19(2)8-9-24-16-7-6-13(10-15(16)19)4-5-14-11-20-17(21-12-14)18(22)23-3/h6-7,10-12H,8-9H2,1-3H3. The van der Waals surface area contributed by atoms with Crippen molar-refractivity contribution in [2.75, 3.05) is 12.9 Å². The topological polar surface area (TPSA) is 52.1 Å². The minimum atomic E-state index is -0.552. The summed E-state index contributed by atoms with van der Waals surface area (Å²) >= 11 is 1.91. The van der Waals surface area contributed by atoms with Gasteiger partial charge in [0.15, 0.2) is 0 Å².